The van der Waals surface area contributed by atoms with Crippen molar-refractivity contribution in [1.29, 1.82) is 0 Å². The zero-order valence-electron chi connectivity index (χ0n) is 6.90. The van der Waals surface area contributed by atoms with Crippen LogP contribution < -0.4 is 18.9 Å². The fourth-order valence-electron chi connectivity index (χ4n) is 0.167. The Morgan fingerprint density at radius 3 is 1.45 bits per heavy atom. The molecular formula is C4H10LiNO5. The Morgan fingerprint density at radius 1 is 1.18 bits per heavy atom. The van der Waals surface area contributed by atoms with E-state index in [2.05, 4.69) is 9.47 Å². The van der Waals surface area contributed by atoms with Crippen molar-refractivity contribution >= 4 is 0 Å². The molecule has 0 unspecified atom stereocenters. The maximum Gasteiger partial charge on any atom is 1.00 e. The van der Waals surface area contributed by atoms with Gasteiger partial charge in [-0.15, -0.1) is 0 Å². The number of rotatable bonds is 3. The van der Waals surface area contributed by atoms with Crippen molar-refractivity contribution < 1.29 is 33.4 Å². The molecule has 0 aliphatic carbocycles. The third-order valence-corrected chi connectivity index (χ3v) is 0.492. The first-order valence-electron chi connectivity index (χ1n) is 2.44. The van der Waals surface area contributed by atoms with E-state index in [4.69, 9.17) is 15.3 Å². The molecule has 0 rings (SSSR count). The average molecular weight is 159 g/mol. The van der Waals surface area contributed by atoms with Crippen LogP contribution in [0.2, 0.25) is 0 Å². The third kappa shape index (κ3) is 78.4. The molecule has 0 saturated carbocycles. The average Bonchev–Trinajstić information content (AvgIpc) is 1.82. The van der Waals surface area contributed by atoms with Crippen molar-refractivity contribution in [3.63, 3.8) is 0 Å². The second-order valence-corrected chi connectivity index (χ2v) is 1.21. The summed E-state index contributed by atoms with van der Waals surface area (Å²) in [6.07, 6.45) is 0. The zero-order valence-corrected chi connectivity index (χ0v) is 6.90. The minimum absolute atomic E-state index is 0. The van der Waals surface area contributed by atoms with Crippen molar-refractivity contribution in [3.05, 3.63) is 15.3 Å². The van der Waals surface area contributed by atoms with Gasteiger partial charge in [-0.1, -0.05) is 0 Å². The number of methoxy groups -OCH3 is 2. The van der Waals surface area contributed by atoms with Gasteiger partial charge < -0.3 is 24.8 Å². The van der Waals surface area contributed by atoms with Crippen LogP contribution in [0.4, 0.5) is 0 Å². The van der Waals surface area contributed by atoms with Gasteiger partial charge in [0.05, 0.1) is 18.3 Å². The van der Waals surface area contributed by atoms with Crippen LogP contribution in [0.5, 0.6) is 0 Å². The Bertz CT molecular complexity index is 72.9. The molecule has 0 heterocycles. The molecule has 7 heteroatoms. The minimum atomic E-state index is -1.75. The van der Waals surface area contributed by atoms with Crippen molar-refractivity contribution in [2.45, 2.75) is 0 Å². The molecule has 0 atom stereocenters. The van der Waals surface area contributed by atoms with Gasteiger partial charge >= 0.3 is 18.9 Å². The predicted octanol–water partition coefficient (Wildman–Crippen LogP) is -2.96. The maximum absolute atomic E-state index is 8.25. The van der Waals surface area contributed by atoms with Crippen LogP contribution in [0.25, 0.3) is 0 Å². The summed E-state index contributed by atoms with van der Waals surface area (Å²) in [5.41, 5.74) is 0. The van der Waals surface area contributed by atoms with Crippen LogP contribution in [-0.2, 0) is 9.47 Å². The molecule has 0 aliphatic rings. The third-order valence-electron chi connectivity index (χ3n) is 0.492. The van der Waals surface area contributed by atoms with Gasteiger partial charge in [-0.05, 0) is 0 Å². The summed E-state index contributed by atoms with van der Waals surface area (Å²) in [6.45, 7) is 1.38. The molecule has 0 aromatic rings. The van der Waals surface area contributed by atoms with Crippen LogP contribution in [0.3, 0.4) is 0 Å². The van der Waals surface area contributed by atoms with E-state index in [0.717, 1.165) is 0 Å². The van der Waals surface area contributed by atoms with Crippen LogP contribution >= 0.6 is 0 Å². The number of ether oxygens (including phenoxy) is 2. The molecule has 6 nitrogen and oxygen atoms in total. The Labute approximate surface area is 76.8 Å². The van der Waals surface area contributed by atoms with E-state index >= 15 is 0 Å². The normalized spacial score (nSPS) is 7.09. The van der Waals surface area contributed by atoms with Gasteiger partial charge in [0, 0.05) is 14.2 Å². The molecule has 0 radical (unpaired) electrons. The first kappa shape index (κ1) is 17.0. The summed E-state index contributed by atoms with van der Waals surface area (Å²) in [7, 11) is 3.30. The van der Waals surface area contributed by atoms with Crippen molar-refractivity contribution in [2.75, 3.05) is 27.4 Å². The summed E-state index contributed by atoms with van der Waals surface area (Å²) in [6, 6.07) is 0. The topological polar surface area (TPSA) is 84.7 Å². The molecule has 0 amide bonds. The fraction of sp³-hybridized carbons (Fsp3) is 1.00. The fourth-order valence-corrected chi connectivity index (χ4v) is 0.167. The molecule has 0 aromatic carbocycles. The van der Waals surface area contributed by atoms with E-state index in [1.54, 1.807) is 14.2 Å². The Kier molecular flexibility index (Phi) is 25.3. The van der Waals surface area contributed by atoms with Gasteiger partial charge in [0.25, 0.3) is 0 Å². The van der Waals surface area contributed by atoms with Crippen LogP contribution in [0.1, 0.15) is 0 Å². The van der Waals surface area contributed by atoms with Gasteiger partial charge in [0.1, 0.15) is 0 Å². The maximum atomic E-state index is 8.25. The van der Waals surface area contributed by atoms with E-state index in [1.165, 1.54) is 0 Å². The molecule has 0 fully saturated rings. The second kappa shape index (κ2) is 16.4. The summed E-state index contributed by atoms with van der Waals surface area (Å²) in [5, 5.41) is 14.8. The zero-order chi connectivity index (χ0) is 8.41. The standard InChI is InChI=1S/C4H10O2.Li.NO3/c1-5-3-4-6-2;;2-1(3)4/h3-4H2,1-2H3;;/q;+1;-1. The quantitative estimate of drug-likeness (QED) is 0.190. The number of hydrogen-bond acceptors (Lipinski definition) is 5. The van der Waals surface area contributed by atoms with Crippen molar-refractivity contribution in [3.8, 4) is 0 Å². The predicted molar refractivity (Wildman–Crippen MR) is 34.1 cm³/mol. The van der Waals surface area contributed by atoms with Crippen molar-refractivity contribution in [2.24, 2.45) is 0 Å². The van der Waals surface area contributed by atoms with E-state index < -0.39 is 5.09 Å². The van der Waals surface area contributed by atoms with E-state index in [-0.39, 0.29) is 18.9 Å². The summed E-state index contributed by atoms with van der Waals surface area (Å²) in [4.78, 5) is 8.25. The molecular weight excluding hydrogens is 149 g/mol. The van der Waals surface area contributed by atoms with Gasteiger partial charge in [-0.3, -0.25) is 0 Å². The Morgan fingerprint density at radius 2 is 1.36 bits per heavy atom. The monoisotopic (exact) mass is 159 g/mol. The van der Waals surface area contributed by atoms with Crippen LogP contribution in [0, 0.1) is 15.3 Å². The minimum Gasteiger partial charge on any atom is -0.382 e. The van der Waals surface area contributed by atoms with Gasteiger partial charge in [-0.25, -0.2) is 0 Å². The largest absolute Gasteiger partial charge is 1.00 e. The van der Waals surface area contributed by atoms with E-state index in [1.807, 2.05) is 0 Å². The van der Waals surface area contributed by atoms with Crippen LogP contribution in [0.15, 0.2) is 0 Å². The van der Waals surface area contributed by atoms with Gasteiger partial charge in [-0.2, -0.15) is 0 Å². The van der Waals surface area contributed by atoms with Gasteiger partial charge in [0.2, 0.25) is 0 Å². The molecule has 0 aliphatic heterocycles. The van der Waals surface area contributed by atoms with Crippen molar-refractivity contribution in [1.82, 2.24) is 0 Å². The molecule has 62 valence electrons. The smallest absolute Gasteiger partial charge is 0.382 e. The first-order chi connectivity index (χ1) is 4.65. The SMILES string of the molecule is COCCOC.O=[N+]([O-])[O-].[Li+]. The summed E-state index contributed by atoms with van der Waals surface area (Å²) in [5.74, 6) is 0. The molecule has 0 spiro atoms. The second-order valence-electron chi connectivity index (χ2n) is 1.21. The summed E-state index contributed by atoms with van der Waals surface area (Å²) >= 11 is 0. The molecule has 0 N–H and O–H groups in total. The number of nitrogens with zero attached hydrogens (tertiary/aromatic N) is 1. The van der Waals surface area contributed by atoms with E-state index in [0.29, 0.717) is 13.2 Å². The molecule has 11 heavy (non-hydrogen) atoms. The molecule has 0 bridgehead atoms. The summed E-state index contributed by atoms with van der Waals surface area (Å²) < 4.78 is 9.31. The van der Waals surface area contributed by atoms with Gasteiger partial charge in [0.15, 0.2) is 0 Å². The number of hydrogen-bond donors (Lipinski definition) is 0. The van der Waals surface area contributed by atoms with Crippen LogP contribution in [-0.4, -0.2) is 32.5 Å². The molecule has 0 saturated heterocycles. The Balaban J connectivity index is -0.000000114. The Hall–Kier alpha value is -0.283. The molecule has 0 aromatic heterocycles. The first-order valence-corrected chi connectivity index (χ1v) is 2.44. The van der Waals surface area contributed by atoms with E-state index in [9.17, 15) is 0 Å².